The van der Waals surface area contributed by atoms with Gasteiger partial charge < -0.3 is 4.74 Å². The average Bonchev–Trinajstić information content (AvgIpc) is 2.37. The molecule has 0 spiro atoms. The average molecular weight is 242 g/mol. The van der Waals surface area contributed by atoms with Gasteiger partial charge in [0.1, 0.15) is 5.75 Å². The smallest absolute Gasteiger partial charge is 0.172 e. The van der Waals surface area contributed by atoms with Crippen molar-refractivity contribution in [3.63, 3.8) is 0 Å². The van der Waals surface area contributed by atoms with E-state index < -0.39 is 5.41 Å². The largest absolute Gasteiger partial charge is 0.494 e. The number of benzene rings is 1. The van der Waals surface area contributed by atoms with Crippen LogP contribution in [0.5, 0.6) is 5.75 Å². The highest BCUT2D eigenvalue weighted by atomic mass is 16.5. The molecule has 0 saturated carbocycles. The lowest BCUT2D eigenvalue weighted by Crippen LogP contribution is -2.32. The van der Waals surface area contributed by atoms with Gasteiger partial charge in [0.05, 0.1) is 12.0 Å². The van der Waals surface area contributed by atoms with E-state index in [-0.39, 0.29) is 5.78 Å². The van der Waals surface area contributed by atoms with Gasteiger partial charge in [0.2, 0.25) is 0 Å². The third-order valence-electron chi connectivity index (χ3n) is 3.35. The van der Waals surface area contributed by atoms with Crippen LogP contribution in [0.1, 0.15) is 26.3 Å². The number of hydrogen-bond acceptors (Lipinski definition) is 2. The summed E-state index contributed by atoms with van der Waals surface area (Å²) in [6.07, 6.45) is 5.76. The zero-order chi connectivity index (χ0) is 13.2. The summed E-state index contributed by atoms with van der Waals surface area (Å²) in [7, 11) is 0. The molecule has 1 aromatic rings. The van der Waals surface area contributed by atoms with E-state index in [4.69, 9.17) is 4.74 Å². The van der Waals surface area contributed by atoms with Gasteiger partial charge in [-0.15, -0.1) is 0 Å². The van der Waals surface area contributed by atoms with Crippen LogP contribution in [0.2, 0.25) is 0 Å². The Morgan fingerprint density at radius 3 is 2.83 bits per heavy atom. The minimum atomic E-state index is -0.577. The molecule has 0 fully saturated rings. The lowest BCUT2D eigenvalue weighted by molar-refractivity contribution is -0.118. The Morgan fingerprint density at radius 1 is 1.33 bits per heavy atom. The summed E-state index contributed by atoms with van der Waals surface area (Å²) in [4.78, 5) is 12.4. The number of Topliss-reactive ketones (excluding diaryl/α,β-unsaturated/α-hetero) is 1. The number of ketones is 1. The van der Waals surface area contributed by atoms with Gasteiger partial charge in [-0.3, -0.25) is 4.79 Å². The third kappa shape index (κ3) is 2.10. The van der Waals surface area contributed by atoms with Gasteiger partial charge in [-0.1, -0.05) is 30.4 Å². The van der Waals surface area contributed by atoms with Gasteiger partial charge in [-0.25, -0.2) is 0 Å². The summed E-state index contributed by atoms with van der Waals surface area (Å²) >= 11 is 0. The SMILES string of the molecule is CCOc1cccc(C2(C)C=CC=C(C)C2=O)c1. The molecule has 1 atom stereocenters. The van der Waals surface area contributed by atoms with E-state index >= 15 is 0 Å². The molecule has 18 heavy (non-hydrogen) atoms. The lowest BCUT2D eigenvalue weighted by atomic mass is 9.74. The van der Waals surface area contributed by atoms with Crippen LogP contribution in [0.15, 0.2) is 48.1 Å². The quantitative estimate of drug-likeness (QED) is 0.811. The van der Waals surface area contributed by atoms with Crippen molar-refractivity contribution in [2.45, 2.75) is 26.2 Å². The van der Waals surface area contributed by atoms with E-state index in [1.807, 2.05) is 63.3 Å². The van der Waals surface area contributed by atoms with Crippen LogP contribution >= 0.6 is 0 Å². The summed E-state index contributed by atoms with van der Waals surface area (Å²) in [5.41, 5.74) is 1.19. The number of rotatable bonds is 3. The molecule has 1 aliphatic carbocycles. The summed E-state index contributed by atoms with van der Waals surface area (Å²) in [5, 5.41) is 0. The molecular weight excluding hydrogens is 224 g/mol. The van der Waals surface area contributed by atoms with Crippen molar-refractivity contribution in [1.29, 1.82) is 0 Å². The fraction of sp³-hybridized carbons (Fsp3) is 0.312. The van der Waals surface area contributed by atoms with Crippen molar-refractivity contribution < 1.29 is 9.53 Å². The van der Waals surface area contributed by atoms with Gasteiger partial charge in [0, 0.05) is 0 Å². The zero-order valence-corrected chi connectivity index (χ0v) is 11.1. The van der Waals surface area contributed by atoms with E-state index in [9.17, 15) is 4.79 Å². The molecule has 2 nitrogen and oxygen atoms in total. The van der Waals surface area contributed by atoms with Gasteiger partial charge in [0.25, 0.3) is 0 Å². The van der Waals surface area contributed by atoms with E-state index in [2.05, 4.69) is 0 Å². The number of hydrogen-bond donors (Lipinski definition) is 0. The van der Waals surface area contributed by atoms with Crippen LogP contribution in [0, 0.1) is 0 Å². The molecule has 1 aliphatic rings. The second kappa shape index (κ2) is 4.81. The van der Waals surface area contributed by atoms with Crippen molar-refractivity contribution in [2.75, 3.05) is 6.61 Å². The predicted molar refractivity (Wildman–Crippen MR) is 72.9 cm³/mol. The second-order valence-corrected chi connectivity index (χ2v) is 4.70. The molecule has 1 unspecified atom stereocenters. The maximum Gasteiger partial charge on any atom is 0.172 e. The zero-order valence-electron chi connectivity index (χ0n) is 11.1. The summed E-state index contributed by atoms with van der Waals surface area (Å²) in [5.74, 6) is 0.961. The van der Waals surface area contributed by atoms with Crippen molar-refractivity contribution in [2.24, 2.45) is 0 Å². The molecule has 0 bridgehead atoms. The summed E-state index contributed by atoms with van der Waals surface area (Å²) in [6, 6.07) is 7.77. The fourth-order valence-electron chi connectivity index (χ4n) is 2.25. The molecule has 0 heterocycles. The first-order chi connectivity index (χ1) is 8.58. The van der Waals surface area contributed by atoms with E-state index in [1.165, 1.54) is 0 Å². The molecular formula is C16H18O2. The van der Waals surface area contributed by atoms with Crippen LogP contribution in [0.4, 0.5) is 0 Å². The normalized spacial score (nSPS) is 22.8. The van der Waals surface area contributed by atoms with Crippen LogP contribution in [-0.2, 0) is 10.2 Å². The van der Waals surface area contributed by atoms with Gasteiger partial charge >= 0.3 is 0 Å². The first kappa shape index (κ1) is 12.6. The monoisotopic (exact) mass is 242 g/mol. The Kier molecular flexibility index (Phi) is 3.37. The molecule has 2 rings (SSSR count). The maximum absolute atomic E-state index is 12.4. The highest BCUT2D eigenvalue weighted by Crippen LogP contribution is 2.33. The number of carbonyl (C=O) groups excluding carboxylic acids is 1. The summed E-state index contributed by atoms with van der Waals surface area (Å²) < 4.78 is 5.49. The Labute approximate surface area is 108 Å². The molecule has 0 radical (unpaired) electrons. The van der Waals surface area contributed by atoms with E-state index in [0.29, 0.717) is 6.61 Å². The highest BCUT2D eigenvalue weighted by Gasteiger charge is 2.34. The molecule has 0 saturated heterocycles. The van der Waals surface area contributed by atoms with Crippen molar-refractivity contribution in [3.8, 4) is 5.75 Å². The van der Waals surface area contributed by atoms with Gasteiger partial charge in [-0.05, 0) is 44.0 Å². The number of ether oxygens (including phenoxy) is 1. The van der Waals surface area contributed by atoms with Crippen LogP contribution in [0.3, 0.4) is 0 Å². The van der Waals surface area contributed by atoms with Crippen LogP contribution < -0.4 is 4.74 Å². The lowest BCUT2D eigenvalue weighted by Gasteiger charge is -2.28. The van der Waals surface area contributed by atoms with Crippen LogP contribution in [0.25, 0.3) is 0 Å². The Hall–Kier alpha value is -1.83. The minimum absolute atomic E-state index is 0.152. The fourth-order valence-corrected chi connectivity index (χ4v) is 2.25. The molecule has 1 aromatic carbocycles. The molecule has 94 valence electrons. The van der Waals surface area contributed by atoms with Crippen molar-refractivity contribution in [3.05, 3.63) is 53.6 Å². The standard InChI is InChI=1S/C16H18O2/c1-4-18-14-9-5-8-13(11-14)16(3)10-6-7-12(2)15(16)17/h5-11H,4H2,1-3H3. The van der Waals surface area contributed by atoms with E-state index in [1.54, 1.807) is 0 Å². The van der Waals surface area contributed by atoms with Gasteiger partial charge in [-0.2, -0.15) is 0 Å². The first-order valence-corrected chi connectivity index (χ1v) is 6.22. The topological polar surface area (TPSA) is 26.3 Å². The van der Waals surface area contributed by atoms with Crippen LogP contribution in [-0.4, -0.2) is 12.4 Å². The molecule has 0 aromatic heterocycles. The molecule has 0 N–H and O–H groups in total. The molecule has 2 heteroatoms. The molecule has 0 aliphatic heterocycles. The van der Waals surface area contributed by atoms with Crippen molar-refractivity contribution >= 4 is 5.78 Å². The Bertz CT molecular complexity index is 526. The number of allylic oxidation sites excluding steroid dienone is 4. The predicted octanol–water partition coefficient (Wildman–Crippen LogP) is 3.43. The Morgan fingerprint density at radius 2 is 2.11 bits per heavy atom. The third-order valence-corrected chi connectivity index (χ3v) is 3.35. The summed E-state index contributed by atoms with van der Waals surface area (Å²) in [6.45, 7) is 6.39. The maximum atomic E-state index is 12.4. The van der Waals surface area contributed by atoms with Gasteiger partial charge in [0.15, 0.2) is 5.78 Å². The number of carbonyl (C=O) groups is 1. The van der Waals surface area contributed by atoms with E-state index in [0.717, 1.165) is 16.9 Å². The second-order valence-electron chi connectivity index (χ2n) is 4.70. The Balaban J connectivity index is 2.42. The first-order valence-electron chi connectivity index (χ1n) is 6.22. The molecule has 0 amide bonds. The minimum Gasteiger partial charge on any atom is -0.494 e. The highest BCUT2D eigenvalue weighted by molar-refractivity contribution is 6.05. The van der Waals surface area contributed by atoms with Crippen molar-refractivity contribution in [1.82, 2.24) is 0 Å².